The van der Waals surface area contributed by atoms with E-state index in [0.717, 1.165) is 24.3 Å². The van der Waals surface area contributed by atoms with Gasteiger partial charge in [0.15, 0.2) is 0 Å². The van der Waals surface area contributed by atoms with Gasteiger partial charge < -0.3 is 14.0 Å². The van der Waals surface area contributed by atoms with Crippen molar-refractivity contribution in [2.45, 2.75) is 61.1 Å². The third-order valence-electron chi connectivity index (χ3n) is 5.43. The third kappa shape index (κ3) is 8.31. The standard InChI is InChI=1S/C26H37FN2O4S/c1-7-28(8-2)23-15-12-21(24(16-23)33-34(31,32)9-3)19-29(25(30)17-26(4,5)6)18-20-10-13-22(27)14-11-20/h10-16H,7-9,17-19H2,1-6H3. The topological polar surface area (TPSA) is 66.9 Å². The van der Waals surface area contributed by atoms with Crippen LogP contribution < -0.4 is 9.08 Å². The van der Waals surface area contributed by atoms with Crippen molar-refractivity contribution >= 4 is 21.7 Å². The lowest BCUT2D eigenvalue weighted by Crippen LogP contribution is -2.33. The van der Waals surface area contributed by atoms with E-state index in [9.17, 15) is 17.6 Å². The summed E-state index contributed by atoms with van der Waals surface area (Å²) in [6, 6.07) is 11.5. The molecule has 2 rings (SSSR count). The molecule has 0 radical (unpaired) electrons. The molecule has 0 unspecified atom stereocenters. The molecule has 0 saturated carbocycles. The molecule has 0 N–H and O–H groups in total. The average molecular weight is 493 g/mol. The van der Waals surface area contributed by atoms with Crippen LogP contribution in [0.4, 0.5) is 10.1 Å². The summed E-state index contributed by atoms with van der Waals surface area (Å²) in [5.74, 6) is -0.360. The van der Waals surface area contributed by atoms with Gasteiger partial charge in [0.1, 0.15) is 11.6 Å². The first-order valence-corrected chi connectivity index (χ1v) is 13.3. The van der Waals surface area contributed by atoms with Gasteiger partial charge in [0, 0.05) is 49.9 Å². The van der Waals surface area contributed by atoms with E-state index in [4.69, 9.17) is 4.18 Å². The maximum absolute atomic E-state index is 13.4. The van der Waals surface area contributed by atoms with E-state index in [2.05, 4.69) is 4.90 Å². The van der Waals surface area contributed by atoms with Gasteiger partial charge in [-0.25, -0.2) is 4.39 Å². The Morgan fingerprint density at radius 1 is 0.971 bits per heavy atom. The second-order valence-electron chi connectivity index (χ2n) is 9.51. The maximum atomic E-state index is 13.4. The molecule has 0 spiro atoms. The highest BCUT2D eigenvalue weighted by atomic mass is 32.2. The Morgan fingerprint density at radius 2 is 1.59 bits per heavy atom. The van der Waals surface area contributed by atoms with Crippen molar-refractivity contribution in [3.63, 3.8) is 0 Å². The van der Waals surface area contributed by atoms with Gasteiger partial charge in [-0.1, -0.05) is 39.0 Å². The lowest BCUT2D eigenvalue weighted by atomic mass is 9.91. The van der Waals surface area contributed by atoms with Crippen LogP contribution in [0, 0.1) is 11.2 Å². The van der Waals surface area contributed by atoms with Crippen LogP contribution in [-0.2, 0) is 28.0 Å². The smallest absolute Gasteiger partial charge is 0.308 e. The summed E-state index contributed by atoms with van der Waals surface area (Å²) in [6.45, 7) is 13.5. The lowest BCUT2D eigenvalue weighted by molar-refractivity contribution is -0.134. The average Bonchev–Trinajstić information content (AvgIpc) is 2.75. The van der Waals surface area contributed by atoms with Crippen molar-refractivity contribution in [3.8, 4) is 5.75 Å². The number of nitrogens with zero attached hydrogens (tertiary/aromatic N) is 2. The van der Waals surface area contributed by atoms with Crippen molar-refractivity contribution in [2.24, 2.45) is 5.41 Å². The molecule has 0 heterocycles. The number of carbonyl (C=O) groups excluding carboxylic acids is 1. The SMILES string of the molecule is CCN(CC)c1ccc(CN(Cc2ccc(F)cc2)C(=O)CC(C)(C)C)c(OS(=O)(=O)CC)c1. The molecule has 2 aromatic carbocycles. The number of hydrogen-bond donors (Lipinski definition) is 0. The van der Waals surface area contributed by atoms with Gasteiger partial charge >= 0.3 is 10.1 Å². The zero-order chi connectivity index (χ0) is 25.5. The van der Waals surface area contributed by atoms with E-state index in [1.165, 1.54) is 19.1 Å². The highest BCUT2D eigenvalue weighted by molar-refractivity contribution is 7.87. The van der Waals surface area contributed by atoms with Gasteiger partial charge in [-0.05, 0) is 49.9 Å². The largest absolute Gasteiger partial charge is 0.382 e. The second-order valence-corrected chi connectivity index (χ2v) is 11.4. The summed E-state index contributed by atoms with van der Waals surface area (Å²) in [7, 11) is -3.76. The van der Waals surface area contributed by atoms with Crippen molar-refractivity contribution in [3.05, 3.63) is 59.4 Å². The highest BCUT2D eigenvalue weighted by Crippen LogP contribution is 2.30. The second kappa shape index (κ2) is 11.7. The van der Waals surface area contributed by atoms with E-state index < -0.39 is 10.1 Å². The molecular weight excluding hydrogens is 455 g/mol. The van der Waals surface area contributed by atoms with Gasteiger partial charge in [0.2, 0.25) is 5.91 Å². The van der Waals surface area contributed by atoms with Crippen molar-refractivity contribution in [1.29, 1.82) is 0 Å². The molecule has 0 fully saturated rings. The molecule has 188 valence electrons. The van der Waals surface area contributed by atoms with E-state index in [1.807, 2.05) is 46.8 Å². The van der Waals surface area contributed by atoms with Crippen LogP contribution in [0.1, 0.15) is 59.1 Å². The predicted octanol–water partition coefficient (Wildman–Crippen LogP) is 5.37. The van der Waals surface area contributed by atoms with Crippen LogP contribution in [0.15, 0.2) is 42.5 Å². The molecule has 0 bridgehead atoms. The molecule has 0 atom stereocenters. The fraction of sp³-hybridized carbons (Fsp3) is 0.500. The van der Waals surface area contributed by atoms with Crippen molar-refractivity contribution < 1.29 is 21.8 Å². The van der Waals surface area contributed by atoms with Crippen LogP contribution in [0.5, 0.6) is 5.75 Å². The first kappa shape index (κ1) is 27.6. The third-order valence-corrected chi connectivity index (χ3v) is 6.57. The van der Waals surface area contributed by atoms with Gasteiger partial charge in [0.25, 0.3) is 0 Å². The molecule has 2 aromatic rings. The predicted molar refractivity (Wildman–Crippen MR) is 135 cm³/mol. The molecule has 6 nitrogen and oxygen atoms in total. The van der Waals surface area contributed by atoms with Crippen molar-refractivity contribution in [1.82, 2.24) is 4.90 Å². The van der Waals surface area contributed by atoms with Crippen LogP contribution in [0.2, 0.25) is 0 Å². The minimum atomic E-state index is -3.76. The molecule has 1 amide bonds. The molecule has 0 saturated heterocycles. The molecule has 8 heteroatoms. The van der Waals surface area contributed by atoms with Gasteiger partial charge in [-0.3, -0.25) is 4.79 Å². The quantitative estimate of drug-likeness (QED) is 0.395. The molecule has 0 aliphatic rings. The molecule has 0 aliphatic heterocycles. The number of anilines is 1. The summed E-state index contributed by atoms with van der Waals surface area (Å²) in [6.07, 6.45) is 0.315. The summed E-state index contributed by atoms with van der Waals surface area (Å²) in [5, 5.41) is 0. The summed E-state index contributed by atoms with van der Waals surface area (Å²) in [4.78, 5) is 17.0. The van der Waals surface area contributed by atoms with Crippen LogP contribution in [-0.4, -0.2) is 38.1 Å². The normalized spacial score (nSPS) is 11.9. The van der Waals surface area contributed by atoms with E-state index in [1.54, 1.807) is 23.1 Å². The first-order valence-electron chi connectivity index (χ1n) is 11.7. The maximum Gasteiger partial charge on any atom is 0.308 e. The minimum Gasteiger partial charge on any atom is -0.382 e. The Labute approximate surface area is 203 Å². The molecule has 0 aromatic heterocycles. The fourth-order valence-electron chi connectivity index (χ4n) is 3.55. The van der Waals surface area contributed by atoms with Crippen LogP contribution >= 0.6 is 0 Å². The number of halogens is 1. The van der Waals surface area contributed by atoms with Gasteiger partial charge in [-0.15, -0.1) is 0 Å². The Kier molecular flexibility index (Phi) is 9.50. The van der Waals surface area contributed by atoms with E-state index in [0.29, 0.717) is 12.0 Å². The number of amides is 1. The Hall–Kier alpha value is -2.61. The first-order chi connectivity index (χ1) is 15.9. The Morgan fingerprint density at radius 3 is 2.12 bits per heavy atom. The molecule has 0 aliphatic carbocycles. The van der Waals surface area contributed by atoms with Crippen LogP contribution in [0.3, 0.4) is 0 Å². The summed E-state index contributed by atoms with van der Waals surface area (Å²) >= 11 is 0. The summed E-state index contributed by atoms with van der Waals surface area (Å²) < 4.78 is 43.5. The highest BCUT2D eigenvalue weighted by Gasteiger charge is 2.24. The van der Waals surface area contributed by atoms with Crippen molar-refractivity contribution in [2.75, 3.05) is 23.7 Å². The van der Waals surface area contributed by atoms with Crippen LogP contribution in [0.25, 0.3) is 0 Å². The number of rotatable bonds is 11. The lowest BCUT2D eigenvalue weighted by Gasteiger charge is -2.28. The number of hydrogen-bond acceptors (Lipinski definition) is 5. The summed E-state index contributed by atoms with van der Waals surface area (Å²) in [5.41, 5.74) is 2.00. The number of carbonyl (C=O) groups is 1. The van der Waals surface area contributed by atoms with Gasteiger partial charge in [-0.2, -0.15) is 8.42 Å². The van der Waals surface area contributed by atoms with E-state index in [-0.39, 0.29) is 41.7 Å². The monoisotopic (exact) mass is 492 g/mol. The minimum absolute atomic E-state index is 0.0751. The molecular formula is C26H37FN2O4S. The van der Waals surface area contributed by atoms with Gasteiger partial charge in [0.05, 0.1) is 5.75 Å². The zero-order valence-corrected chi connectivity index (χ0v) is 21.9. The fourth-order valence-corrected chi connectivity index (χ4v) is 4.09. The number of benzene rings is 2. The zero-order valence-electron chi connectivity index (χ0n) is 21.1. The Bertz CT molecular complexity index is 1060. The Balaban J connectivity index is 2.47. The molecule has 34 heavy (non-hydrogen) atoms. The van der Waals surface area contributed by atoms with E-state index >= 15 is 0 Å².